The van der Waals surface area contributed by atoms with E-state index in [-0.39, 0.29) is 5.91 Å². The Balaban J connectivity index is 1.59. The van der Waals surface area contributed by atoms with Crippen LogP contribution in [0.15, 0.2) is 42.5 Å². The Morgan fingerprint density at radius 1 is 1.33 bits per heavy atom. The van der Waals surface area contributed by atoms with E-state index in [4.69, 9.17) is 16.3 Å². The van der Waals surface area contributed by atoms with E-state index >= 15 is 0 Å². The van der Waals surface area contributed by atoms with Gasteiger partial charge in [0.25, 0.3) is 5.91 Å². The Morgan fingerprint density at radius 3 is 2.88 bits per heavy atom. The van der Waals surface area contributed by atoms with Gasteiger partial charge in [0.05, 0.1) is 17.6 Å². The molecule has 5 nitrogen and oxygen atoms in total. The highest BCUT2D eigenvalue weighted by atomic mass is 35.5. The van der Waals surface area contributed by atoms with E-state index in [0.717, 1.165) is 16.6 Å². The van der Waals surface area contributed by atoms with Crippen molar-refractivity contribution in [2.75, 3.05) is 0 Å². The van der Waals surface area contributed by atoms with E-state index in [1.807, 2.05) is 31.2 Å². The van der Waals surface area contributed by atoms with Crippen molar-refractivity contribution in [1.82, 2.24) is 15.3 Å². The average molecular weight is 344 g/mol. The first-order valence-electron chi connectivity index (χ1n) is 7.67. The summed E-state index contributed by atoms with van der Waals surface area (Å²) < 4.78 is 5.71. The van der Waals surface area contributed by atoms with Crippen LogP contribution in [0.25, 0.3) is 11.0 Å². The summed E-state index contributed by atoms with van der Waals surface area (Å²) in [6.07, 6.45) is -0.616. The zero-order valence-electron chi connectivity index (χ0n) is 13.5. The van der Waals surface area contributed by atoms with Crippen LogP contribution in [0.3, 0.4) is 0 Å². The molecular formula is C18H18ClN3O2. The minimum absolute atomic E-state index is 0.204. The summed E-state index contributed by atoms with van der Waals surface area (Å²) in [6.45, 7) is 3.92. The van der Waals surface area contributed by atoms with Crippen molar-refractivity contribution in [3.8, 4) is 5.75 Å². The molecule has 2 aromatic carbocycles. The minimum Gasteiger partial charge on any atom is -0.481 e. The summed E-state index contributed by atoms with van der Waals surface area (Å²) in [7, 11) is 0. The third kappa shape index (κ3) is 3.68. The number of nitrogens with zero attached hydrogens (tertiary/aromatic N) is 1. The van der Waals surface area contributed by atoms with Crippen LogP contribution >= 0.6 is 11.6 Å². The van der Waals surface area contributed by atoms with Crippen LogP contribution in [0.2, 0.25) is 5.02 Å². The van der Waals surface area contributed by atoms with Crippen molar-refractivity contribution >= 4 is 28.5 Å². The van der Waals surface area contributed by atoms with Crippen molar-refractivity contribution in [3.05, 3.63) is 58.9 Å². The second-order valence-corrected chi connectivity index (χ2v) is 6.02. The molecule has 6 heteroatoms. The Kier molecular flexibility index (Phi) is 4.71. The first-order valence-corrected chi connectivity index (χ1v) is 8.05. The summed E-state index contributed by atoms with van der Waals surface area (Å²) >= 11 is 5.92. The number of rotatable bonds is 5. The molecule has 0 fully saturated rings. The molecule has 24 heavy (non-hydrogen) atoms. The SMILES string of the molecule is Cc1cc(Cl)ccc1OC(C)C(=O)NCc1nc2ccccc2[nH]1. The maximum atomic E-state index is 12.2. The van der Waals surface area contributed by atoms with Crippen molar-refractivity contribution in [2.45, 2.75) is 26.5 Å². The molecule has 0 aliphatic carbocycles. The summed E-state index contributed by atoms with van der Waals surface area (Å²) in [5.41, 5.74) is 2.71. The lowest BCUT2D eigenvalue weighted by atomic mass is 10.2. The number of aromatic amines is 1. The number of hydrogen-bond donors (Lipinski definition) is 2. The Hall–Kier alpha value is -2.53. The Morgan fingerprint density at radius 2 is 2.12 bits per heavy atom. The number of H-pyrrole nitrogens is 1. The van der Waals surface area contributed by atoms with Crippen molar-refractivity contribution in [2.24, 2.45) is 0 Å². The van der Waals surface area contributed by atoms with Crippen molar-refractivity contribution in [1.29, 1.82) is 0 Å². The maximum Gasteiger partial charge on any atom is 0.261 e. The van der Waals surface area contributed by atoms with Crippen LogP contribution < -0.4 is 10.1 Å². The van der Waals surface area contributed by atoms with E-state index < -0.39 is 6.10 Å². The molecule has 1 aromatic heterocycles. The molecule has 0 aliphatic heterocycles. The lowest BCUT2D eigenvalue weighted by molar-refractivity contribution is -0.127. The predicted octanol–water partition coefficient (Wildman–Crippen LogP) is 3.61. The fourth-order valence-electron chi connectivity index (χ4n) is 2.39. The molecule has 0 radical (unpaired) electrons. The molecule has 1 unspecified atom stereocenters. The van der Waals surface area contributed by atoms with Crippen molar-refractivity contribution in [3.63, 3.8) is 0 Å². The van der Waals surface area contributed by atoms with E-state index in [1.165, 1.54) is 0 Å². The van der Waals surface area contributed by atoms with Crippen LogP contribution in [-0.2, 0) is 11.3 Å². The van der Waals surface area contributed by atoms with E-state index in [0.29, 0.717) is 23.1 Å². The topological polar surface area (TPSA) is 67.0 Å². The smallest absolute Gasteiger partial charge is 0.261 e. The van der Waals surface area contributed by atoms with E-state index in [1.54, 1.807) is 25.1 Å². The van der Waals surface area contributed by atoms with Gasteiger partial charge in [-0.3, -0.25) is 4.79 Å². The molecule has 2 N–H and O–H groups in total. The number of nitrogens with one attached hydrogen (secondary N) is 2. The summed E-state index contributed by atoms with van der Waals surface area (Å²) in [4.78, 5) is 19.8. The molecule has 1 atom stereocenters. The number of carbonyl (C=O) groups excluding carboxylic acids is 1. The number of benzene rings is 2. The monoisotopic (exact) mass is 343 g/mol. The van der Waals surface area contributed by atoms with Gasteiger partial charge in [0, 0.05) is 5.02 Å². The van der Waals surface area contributed by atoms with Crippen LogP contribution in [0.5, 0.6) is 5.75 Å². The molecule has 0 spiro atoms. The second-order valence-electron chi connectivity index (χ2n) is 5.59. The number of fused-ring (bicyclic) bond motifs is 1. The van der Waals surface area contributed by atoms with Gasteiger partial charge in [-0.2, -0.15) is 0 Å². The number of amides is 1. The van der Waals surface area contributed by atoms with Crippen LogP contribution in [0, 0.1) is 6.92 Å². The van der Waals surface area contributed by atoms with Gasteiger partial charge in [-0.15, -0.1) is 0 Å². The molecule has 3 aromatic rings. The number of ether oxygens (including phenoxy) is 1. The fourth-order valence-corrected chi connectivity index (χ4v) is 2.62. The normalized spacial score (nSPS) is 12.1. The summed E-state index contributed by atoms with van der Waals surface area (Å²) in [5.74, 6) is 1.15. The summed E-state index contributed by atoms with van der Waals surface area (Å²) in [5, 5.41) is 3.47. The molecule has 0 bridgehead atoms. The van der Waals surface area contributed by atoms with Gasteiger partial charge in [-0.05, 0) is 49.7 Å². The van der Waals surface area contributed by atoms with Gasteiger partial charge in [0.2, 0.25) is 0 Å². The zero-order valence-corrected chi connectivity index (χ0v) is 14.2. The molecule has 1 heterocycles. The van der Waals surface area contributed by atoms with Gasteiger partial charge in [0.1, 0.15) is 11.6 Å². The molecule has 0 saturated heterocycles. The van der Waals surface area contributed by atoms with Crippen LogP contribution in [0.4, 0.5) is 0 Å². The van der Waals surface area contributed by atoms with Crippen molar-refractivity contribution < 1.29 is 9.53 Å². The number of imidazole rings is 1. The summed E-state index contributed by atoms with van der Waals surface area (Å²) in [6, 6.07) is 13.0. The van der Waals surface area contributed by atoms with Gasteiger partial charge in [-0.25, -0.2) is 4.98 Å². The van der Waals surface area contributed by atoms with Gasteiger partial charge in [0.15, 0.2) is 6.10 Å². The minimum atomic E-state index is -0.616. The second kappa shape index (κ2) is 6.93. The highest BCUT2D eigenvalue weighted by Gasteiger charge is 2.16. The molecule has 1 amide bonds. The first kappa shape index (κ1) is 16.3. The molecule has 0 aliphatic rings. The molecule has 124 valence electrons. The molecular weight excluding hydrogens is 326 g/mol. The average Bonchev–Trinajstić information content (AvgIpc) is 2.98. The molecule has 0 saturated carbocycles. The fraction of sp³-hybridized carbons (Fsp3) is 0.222. The lowest BCUT2D eigenvalue weighted by Crippen LogP contribution is -2.36. The predicted molar refractivity (Wildman–Crippen MR) is 94.2 cm³/mol. The first-order chi connectivity index (χ1) is 11.5. The quantitative estimate of drug-likeness (QED) is 0.743. The highest BCUT2D eigenvalue weighted by molar-refractivity contribution is 6.30. The van der Waals surface area contributed by atoms with Gasteiger partial charge in [-0.1, -0.05) is 23.7 Å². The lowest BCUT2D eigenvalue weighted by Gasteiger charge is -2.16. The third-order valence-corrected chi connectivity index (χ3v) is 3.91. The van der Waals surface area contributed by atoms with Crippen LogP contribution in [-0.4, -0.2) is 22.0 Å². The zero-order chi connectivity index (χ0) is 17.1. The highest BCUT2D eigenvalue weighted by Crippen LogP contribution is 2.22. The van der Waals surface area contributed by atoms with Crippen LogP contribution in [0.1, 0.15) is 18.3 Å². The number of halogens is 1. The maximum absolute atomic E-state index is 12.2. The standard InChI is InChI=1S/C18H18ClN3O2/c1-11-9-13(19)7-8-16(11)24-12(2)18(23)20-10-17-21-14-5-3-4-6-15(14)22-17/h3-9,12H,10H2,1-2H3,(H,20,23)(H,21,22). The Labute approximate surface area is 145 Å². The number of para-hydroxylation sites is 2. The van der Waals surface area contributed by atoms with Gasteiger partial charge >= 0.3 is 0 Å². The number of aryl methyl sites for hydroxylation is 1. The Bertz CT molecular complexity index is 843. The number of aromatic nitrogens is 2. The number of carbonyl (C=O) groups is 1. The number of hydrogen-bond acceptors (Lipinski definition) is 3. The van der Waals surface area contributed by atoms with E-state index in [2.05, 4.69) is 15.3 Å². The largest absolute Gasteiger partial charge is 0.481 e. The van der Waals surface area contributed by atoms with E-state index in [9.17, 15) is 4.79 Å². The van der Waals surface area contributed by atoms with Gasteiger partial charge < -0.3 is 15.0 Å². The third-order valence-electron chi connectivity index (χ3n) is 3.68. The molecule has 3 rings (SSSR count).